The number of hydrogen-bond donors (Lipinski definition) is 2. The minimum Gasteiger partial charge on any atom is -0.355 e. The van der Waals surface area contributed by atoms with Gasteiger partial charge in [-0.25, -0.2) is 0 Å². The van der Waals surface area contributed by atoms with Crippen LogP contribution in [0.15, 0.2) is 34.9 Å². The normalized spacial score (nSPS) is 21.1. The van der Waals surface area contributed by atoms with Crippen molar-refractivity contribution in [3.05, 3.63) is 41.0 Å². The lowest BCUT2D eigenvalue weighted by Gasteiger charge is -2.30. The number of halogens is 1. The lowest BCUT2D eigenvalue weighted by molar-refractivity contribution is 0.0899. The van der Waals surface area contributed by atoms with Crippen LogP contribution in [0.4, 0.5) is 0 Å². The Kier molecular flexibility index (Phi) is 4.98. The molecule has 3 rings (SSSR count). The number of hydrogen-bond acceptors (Lipinski definition) is 4. The Labute approximate surface area is 140 Å². The second-order valence-electron chi connectivity index (χ2n) is 5.94. The minimum atomic E-state index is -0.209. The highest BCUT2D eigenvalue weighted by Gasteiger charge is 2.26. The average Bonchev–Trinajstić information content (AvgIpc) is 3.06. The molecule has 1 aromatic heterocycles. The predicted molar refractivity (Wildman–Crippen MR) is 89.2 cm³/mol. The van der Waals surface area contributed by atoms with Crippen molar-refractivity contribution in [2.75, 3.05) is 6.54 Å². The molecule has 2 aromatic rings. The molecule has 1 aliphatic rings. The largest absolute Gasteiger partial charge is 0.355 e. The summed E-state index contributed by atoms with van der Waals surface area (Å²) >= 11 is 5.87. The third-order valence-corrected chi connectivity index (χ3v) is 4.65. The first-order valence-electron chi connectivity index (χ1n) is 7.91. The molecule has 2 unspecified atom stereocenters. The summed E-state index contributed by atoms with van der Waals surface area (Å²) in [6, 6.07) is 8.97. The molecule has 0 aliphatic heterocycles. The summed E-state index contributed by atoms with van der Waals surface area (Å²) in [5, 5.41) is 7.58. The fourth-order valence-electron chi connectivity index (χ4n) is 3.05. The van der Waals surface area contributed by atoms with Crippen molar-refractivity contribution in [2.24, 2.45) is 11.7 Å². The molecule has 0 spiro atoms. The summed E-state index contributed by atoms with van der Waals surface area (Å²) in [6.45, 7) is 0.597. The molecule has 0 radical (unpaired) electrons. The summed E-state index contributed by atoms with van der Waals surface area (Å²) in [5.74, 6) is 0.681. The van der Waals surface area contributed by atoms with Gasteiger partial charge in [-0.2, -0.15) is 0 Å². The molecule has 1 aliphatic carbocycles. The second kappa shape index (κ2) is 7.15. The maximum Gasteiger partial charge on any atom is 0.273 e. The Hall–Kier alpha value is -1.85. The zero-order valence-electron chi connectivity index (χ0n) is 12.8. The first-order chi connectivity index (χ1) is 11.2. The molecule has 122 valence electrons. The van der Waals surface area contributed by atoms with Crippen LogP contribution in [0.25, 0.3) is 11.3 Å². The van der Waals surface area contributed by atoms with Gasteiger partial charge in [-0.05, 0) is 49.6 Å². The molecule has 5 nitrogen and oxygen atoms in total. The molecule has 1 heterocycles. The van der Waals surface area contributed by atoms with E-state index in [0.717, 1.165) is 24.8 Å². The first-order valence-corrected chi connectivity index (χ1v) is 8.29. The van der Waals surface area contributed by atoms with Crippen molar-refractivity contribution in [3.63, 3.8) is 0 Å². The summed E-state index contributed by atoms with van der Waals surface area (Å²) in [4.78, 5) is 12.4. The van der Waals surface area contributed by atoms with Gasteiger partial charge in [0, 0.05) is 22.7 Å². The van der Waals surface area contributed by atoms with E-state index in [4.69, 9.17) is 21.9 Å². The highest BCUT2D eigenvalue weighted by molar-refractivity contribution is 6.30. The molecular formula is C17H20ClN3O2. The topological polar surface area (TPSA) is 81.1 Å². The molecular weight excluding hydrogens is 314 g/mol. The van der Waals surface area contributed by atoms with E-state index < -0.39 is 0 Å². The molecule has 0 bridgehead atoms. The molecule has 0 saturated heterocycles. The summed E-state index contributed by atoms with van der Waals surface area (Å²) in [7, 11) is 0. The molecule has 1 fully saturated rings. The van der Waals surface area contributed by atoms with Crippen molar-refractivity contribution in [1.29, 1.82) is 0 Å². The number of aromatic nitrogens is 1. The number of amides is 1. The van der Waals surface area contributed by atoms with Crippen molar-refractivity contribution in [2.45, 2.75) is 31.7 Å². The van der Waals surface area contributed by atoms with Crippen molar-refractivity contribution < 1.29 is 9.32 Å². The second-order valence-corrected chi connectivity index (χ2v) is 6.38. The Morgan fingerprint density at radius 2 is 2.04 bits per heavy atom. The van der Waals surface area contributed by atoms with Crippen LogP contribution < -0.4 is 11.1 Å². The number of carbonyl (C=O) groups excluding carboxylic acids is 1. The summed E-state index contributed by atoms with van der Waals surface area (Å²) in [6.07, 6.45) is 4.33. The van der Waals surface area contributed by atoms with Crippen molar-refractivity contribution in [1.82, 2.24) is 10.5 Å². The third kappa shape index (κ3) is 3.74. The number of carbonyl (C=O) groups is 1. The average molecular weight is 334 g/mol. The van der Waals surface area contributed by atoms with E-state index in [1.165, 1.54) is 6.42 Å². The van der Waals surface area contributed by atoms with Gasteiger partial charge in [0.2, 0.25) is 0 Å². The number of rotatable bonds is 4. The SMILES string of the molecule is NCC1CCCCC1NC(=O)c1cc(-c2ccc(Cl)cc2)on1. The van der Waals surface area contributed by atoms with Crippen molar-refractivity contribution in [3.8, 4) is 11.3 Å². The van der Waals surface area contributed by atoms with Gasteiger partial charge in [-0.15, -0.1) is 0 Å². The molecule has 1 aromatic carbocycles. The monoisotopic (exact) mass is 333 g/mol. The molecule has 3 N–H and O–H groups in total. The Balaban J connectivity index is 1.69. The van der Waals surface area contributed by atoms with E-state index in [0.29, 0.717) is 23.2 Å². The fraction of sp³-hybridized carbons (Fsp3) is 0.412. The highest BCUT2D eigenvalue weighted by Crippen LogP contribution is 2.25. The van der Waals surface area contributed by atoms with Gasteiger partial charge in [0.05, 0.1) is 0 Å². The van der Waals surface area contributed by atoms with Crippen LogP contribution in [0, 0.1) is 5.92 Å². The Morgan fingerprint density at radius 1 is 1.30 bits per heavy atom. The Bertz CT molecular complexity index is 669. The number of nitrogens with one attached hydrogen (secondary N) is 1. The van der Waals surface area contributed by atoms with Gasteiger partial charge in [-0.3, -0.25) is 4.79 Å². The smallest absolute Gasteiger partial charge is 0.273 e. The zero-order chi connectivity index (χ0) is 16.2. The summed E-state index contributed by atoms with van der Waals surface area (Å²) < 4.78 is 5.28. The number of nitrogens with two attached hydrogens (primary N) is 1. The van der Waals surface area contributed by atoms with E-state index in [1.807, 2.05) is 12.1 Å². The van der Waals surface area contributed by atoms with Crippen LogP contribution in [-0.2, 0) is 0 Å². The molecule has 23 heavy (non-hydrogen) atoms. The number of benzene rings is 1. The minimum absolute atomic E-state index is 0.122. The molecule has 6 heteroatoms. The number of nitrogens with zero attached hydrogens (tertiary/aromatic N) is 1. The molecule has 1 amide bonds. The highest BCUT2D eigenvalue weighted by atomic mass is 35.5. The quantitative estimate of drug-likeness (QED) is 0.900. The van der Waals surface area contributed by atoms with E-state index in [-0.39, 0.29) is 17.6 Å². The van der Waals surface area contributed by atoms with E-state index in [1.54, 1.807) is 18.2 Å². The van der Waals surface area contributed by atoms with E-state index in [2.05, 4.69) is 10.5 Å². The van der Waals surface area contributed by atoms with Crippen molar-refractivity contribution >= 4 is 17.5 Å². The van der Waals surface area contributed by atoms with Gasteiger partial charge < -0.3 is 15.6 Å². The zero-order valence-corrected chi connectivity index (χ0v) is 13.6. The third-order valence-electron chi connectivity index (χ3n) is 4.40. The van der Waals surface area contributed by atoms with Crippen LogP contribution in [-0.4, -0.2) is 23.7 Å². The summed E-state index contributed by atoms with van der Waals surface area (Å²) in [5.41, 5.74) is 6.92. The van der Waals surface area contributed by atoms with Gasteiger partial charge in [0.1, 0.15) is 0 Å². The maximum atomic E-state index is 12.4. The predicted octanol–water partition coefficient (Wildman–Crippen LogP) is 3.24. The molecule has 2 atom stereocenters. The maximum absolute atomic E-state index is 12.4. The van der Waals surface area contributed by atoms with Crippen LogP contribution in [0.1, 0.15) is 36.2 Å². The van der Waals surface area contributed by atoms with Crippen LogP contribution in [0.3, 0.4) is 0 Å². The lowest BCUT2D eigenvalue weighted by atomic mass is 9.84. The van der Waals surface area contributed by atoms with Crippen LogP contribution in [0.2, 0.25) is 5.02 Å². The van der Waals surface area contributed by atoms with Gasteiger partial charge >= 0.3 is 0 Å². The molecule has 1 saturated carbocycles. The van der Waals surface area contributed by atoms with Gasteiger partial charge in [-0.1, -0.05) is 29.6 Å². The lowest BCUT2D eigenvalue weighted by Crippen LogP contribution is -2.44. The van der Waals surface area contributed by atoms with Crippen LogP contribution in [0.5, 0.6) is 0 Å². The Morgan fingerprint density at radius 3 is 2.78 bits per heavy atom. The van der Waals surface area contributed by atoms with Crippen LogP contribution >= 0.6 is 11.6 Å². The first kappa shape index (κ1) is 16.0. The van der Waals surface area contributed by atoms with Gasteiger partial charge in [0.15, 0.2) is 11.5 Å². The van der Waals surface area contributed by atoms with Gasteiger partial charge in [0.25, 0.3) is 5.91 Å². The van der Waals surface area contributed by atoms with E-state index >= 15 is 0 Å². The fourth-order valence-corrected chi connectivity index (χ4v) is 3.18. The van der Waals surface area contributed by atoms with E-state index in [9.17, 15) is 4.79 Å². The standard InChI is InChI=1S/C17H20ClN3O2/c18-13-7-5-11(6-8-13)16-9-15(21-23-16)17(22)20-14-4-2-1-3-12(14)10-19/h5-9,12,14H,1-4,10,19H2,(H,20,22).